The quantitative estimate of drug-likeness (QED) is 0.763. The van der Waals surface area contributed by atoms with Crippen molar-refractivity contribution in [3.8, 4) is 11.5 Å². The molecule has 0 aliphatic carbocycles. The van der Waals surface area contributed by atoms with Crippen molar-refractivity contribution in [1.29, 1.82) is 0 Å². The Morgan fingerprint density at radius 1 is 1.38 bits per heavy atom. The first-order valence-corrected chi connectivity index (χ1v) is 10.5. The zero-order valence-electron chi connectivity index (χ0n) is 13.3. The number of nitrogens with zero attached hydrogens (tertiary/aromatic N) is 2. The van der Waals surface area contributed by atoms with Crippen molar-refractivity contribution in [1.82, 2.24) is 0 Å². The molecule has 3 aliphatic heterocycles. The predicted octanol–water partition coefficient (Wildman–Crippen LogP) is 2.07. The first-order chi connectivity index (χ1) is 11.4. The number of thioether (sulfide) groups is 1. The third kappa shape index (κ3) is 2.77. The number of sulfone groups is 1. The van der Waals surface area contributed by atoms with Gasteiger partial charge in [0.2, 0.25) is 6.79 Å². The summed E-state index contributed by atoms with van der Waals surface area (Å²) in [5.41, 5.74) is 1.94. The van der Waals surface area contributed by atoms with Crippen LogP contribution in [0.2, 0.25) is 0 Å². The first kappa shape index (κ1) is 15.8. The normalized spacial score (nSPS) is 26.4. The highest BCUT2D eigenvalue weighted by Gasteiger charge is 2.47. The smallest absolute Gasteiger partial charge is 0.231 e. The lowest BCUT2D eigenvalue weighted by Crippen LogP contribution is -2.39. The van der Waals surface area contributed by atoms with Crippen LogP contribution in [0, 0.1) is 0 Å². The zero-order chi connectivity index (χ0) is 16.9. The summed E-state index contributed by atoms with van der Waals surface area (Å²) in [6.07, 6.45) is 0. The van der Waals surface area contributed by atoms with E-state index in [0.717, 1.165) is 22.2 Å². The second-order valence-corrected chi connectivity index (χ2v) is 9.37. The molecule has 2 atom stereocenters. The summed E-state index contributed by atoms with van der Waals surface area (Å²) in [7, 11) is -3.04. The molecule has 3 heterocycles. The molecule has 3 aliphatic rings. The molecule has 6 nitrogen and oxygen atoms in total. The molecule has 1 fully saturated rings. The van der Waals surface area contributed by atoms with Crippen LogP contribution in [0.5, 0.6) is 11.5 Å². The maximum absolute atomic E-state index is 12.0. The fraction of sp³-hybridized carbons (Fsp3) is 0.438. The van der Waals surface area contributed by atoms with Crippen LogP contribution < -0.4 is 14.4 Å². The van der Waals surface area contributed by atoms with Crippen LogP contribution in [0.4, 0.5) is 5.69 Å². The molecular weight excluding hydrogens is 348 g/mol. The number of hydrogen-bond donors (Lipinski definition) is 0. The Morgan fingerprint density at radius 3 is 2.96 bits per heavy atom. The van der Waals surface area contributed by atoms with Gasteiger partial charge in [-0.15, -0.1) is 0 Å². The average Bonchev–Trinajstić information content (AvgIpc) is 3.15. The van der Waals surface area contributed by atoms with Crippen molar-refractivity contribution in [2.75, 3.05) is 29.0 Å². The van der Waals surface area contributed by atoms with Gasteiger partial charge in [-0.1, -0.05) is 23.9 Å². The number of amidine groups is 1. The Balaban J connectivity index is 1.69. The molecule has 24 heavy (non-hydrogen) atoms. The number of anilines is 1. The minimum absolute atomic E-state index is 0.121. The second-order valence-electron chi connectivity index (χ2n) is 6.28. The van der Waals surface area contributed by atoms with Crippen LogP contribution in [0.25, 0.3) is 0 Å². The third-order valence-corrected chi connectivity index (χ3v) is 7.09. The van der Waals surface area contributed by atoms with E-state index in [2.05, 4.69) is 11.6 Å². The standard InChI is InChI=1S/C16H18N2O4S2/c1-10(2)6-23-16-17-12-7-24(19,20)8-13(12)18(16)11-3-4-14-15(5-11)22-9-21-14/h3-5,12-13H,1,6-9H2,2H3/t12-,13-/m0/s1. The molecule has 0 unspecified atom stereocenters. The molecule has 128 valence electrons. The van der Waals surface area contributed by atoms with Crippen molar-refractivity contribution < 1.29 is 17.9 Å². The number of aliphatic imine (C=N–C) groups is 1. The highest BCUT2D eigenvalue weighted by atomic mass is 32.2. The Bertz CT molecular complexity index is 834. The minimum Gasteiger partial charge on any atom is -0.454 e. The van der Waals surface area contributed by atoms with E-state index in [1.165, 1.54) is 0 Å². The van der Waals surface area contributed by atoms with E-state index < -0.39 is 9.84 Å². The van der Waals surface area contributed by atoms with Crippen LogP contribution in [-0.2, 0) is 9.84 Å². The van der Waals surface area contributed by atoms with Gasteiger partial charge >= 0.3 is 0 Å². The molecule has 1 saturated heterocycles. The molecule has 8 heteroatoms. The third-order valence-electron chi connectivity index (χ3n) is 4.19. The molecule has 0 spiro atoms. The number of rotatable bonds is 3. The number of hydrogen-bond acceptors (Lipinski definition) is 7. The summed E-state index contributed by atoms with van der Waals surface area (Å²) in [5, 5.41) is 0.849. The largest absolute Gasteiger partial charge is 0.454 e. The van der Waals surface area contributed by atoms with Crippen LogP contribution in [0.15, 0.2) is 35.3 Å². The number of ether oxygens (including phenoxy) is 2. The fourth-order valence-electron chi connectivity index (χ4n) is 3.16. The molecule has 4 rings (SSSR count). The maximum Gasteiger partial charge on any atom is 0.231 e. The second kappa shape index (κ2) is 5.70. The van der Waals surface area contributed by atoms with Gasteiger partial charge in [0.15, 0.2) is 26.5 Å². The van der Waals surface area contributed by atoms with Crippen LogP contribution in [-0.4, -0.2) is 49.7 Å². The molecule has 0 radical (unpaired) electrons. The van der Waals surface area contributed by atoms with Crippen molar-refractivity contribution in [2.45, 2.75) is 19.0 Å². The SMILES string of the molecule is C=C(C)CSC1=N[C@H]2CS(=O)(=O)C[C@@H]2N1c1ccc2c(c1)OCO2. The van der Waals surface area contributed by atoms with Gasteiger partial charge in [-0.25, -0.2) is 8.42 Å². The van der Waals surface area contributed by atoms with Gasteiger partial charge in [0.05, 0.1) is 23.6 Å². The van der Waals surface area contributed by atoms with E-state index in [0.29, 0.717) is 11.5 Å². The van der Waals surface area contributed by atoms with Gasteiger partial charge < -0.3 is 14.4 Å². The highest BCUT2D eigenvalue weighted by Crippen LogP contribution is 2.40. The molecule has 0 bridgehead atoms. The zero-order valence-corrected chi connectivity index (χ0v) is 14.9. The first-order valence-electron chi connectivity index (χ1n) is 7.67. The summed E-state index contributed by atoms with van der Waals surface area (Å²) in [4.78, 5) is 6.71. The maximum atomic E-state index is 12.0. The molecule has 0 saturated carbocycles. The van der Waals surface area contributed by atoms with Crippen LogP contribution in [0.3, 0.4) is 0 Å². The predicted molar refractivity (Wildman–Crippen MR) is 96.0 cm³/mol. The Kier molecular flexibility index (Phi) is 3.76. The fourth-order valence-corrected chi connectivity index (χ4v) is 5.97. The van der Waals surface area contributed by atoms with Crippen molar-refractivity contribution in [3.05, 3.63) is 30.4 Å². The van der Waals surface area contributed by atoms with Crippen molar-refractivity contribution >= 4 is 32.5 Å². The molecule has 0 aromatic heterocycles. The number of benzene rings is 1. The van der Waals surface area contributed by atoms with Gasteiger partial charge in [-0.3, -0.25) is 4.99 Å². The lowest BCUT2D eigenvalue weighted by molar-refractivity contribution is 0.174. The summed E-state index contributed by atoms with van der Waals surface area (Å²) >= 11 is 1.59. The lowest BCUT2D eigenvalue weighted by Gasteiger charge is -2.26. The van der Waals surface area contributed by atoms with E-state index in [1.807, 2.05) is 30.0 Å². The van der Waals surface area contributed by atoms with Crippen molar-refractivity contribution in [3.63, 3.8) is 0 Å². The topological polar surface area (TPSA) is 68.2 Å². The van der Waals surface area contributed by atoms with E-state index >= 15 is 0 Å². The van der Waals surface area contributed by atoms with Crippen molar-refractivity contribution in [2.24, 2.45) is 4.99 Å². The van der Waals surface area contributed by atoms with Crippen LogP contribution in [0.1, 0.15) is 6.92 Å². The van der Waals surface area contributed by atoms with Gasteiger partial charge in [-0.2, -0.15) is 0 Å². The summed E-state index contributed by atoms with van der Waals surface area (Å²) in [6, 6.07) is 5.33. The minimum atomic E-state index is -3.04. The monoisotopic (exact) mass is 366 g/mol. The van der Waals surface area contributed by atoms with E-state index in [9.17, 15) is 8.42 Å². The number of fused-ring (bicyclic) bond motifs is 2. The van der Waals surface area contributed by atoms with E-state index in [4.69, 9.17) is 9.47 Å². The Morgan fingerprint density at radius 2 is 2.17 bits per heavy atom. The van der Waals surface area contributed by atoms with E-state index in [-0.39, 0.29) is 30.4 Å². The molecule has 0 amide bonds. The Hall–Kier alpha value is -1.67. The Labute approximate surface area is 145 Å². The van der Waals surface area contributed by atoms with Crippen LogP contribution >= 0.6 is 11.8 Å². The van der Waals surface area contributed by atoms with E-state index in [1.54, 1.807) is 11.8 Å². The van der Waals surface area contributed by atoms with Gasteiger partial charge in [-0.05, 0) is 19.1 Å². The molecule has 0 N–H and O–H groups in total. The molecular formula is C16H18N2O4S2. The average molecular weight is 366 g/mol. The summed E-state index contributed by atoms with van der Waals surface area (Å²) in [5.74, 6) is 2.40. The lowest BCUT2D eigenvalue weighted by atomic mass is 10.1. The van der Waals surface area contributed by atoms with Gasteiger partial charge in [0, 0.05) is 17.5 Å². The highest BCUT2D eigenvalue weighted by molar-refractivity contribution is 8.14. The van der Waals surface area contributed by atoms with Gasteiger partial charge in [0.25, 0.3) is 0 Å². The molecule has 1 aromatic rings. The summed E-state index contributed by atoms with van der Waals surface area (Å²) < 4.78 is 34.9. The van der Waals surface area contributed by atoms with Gasteiger partial charge in [0.1, 0.15) is 0 Å². The summed E-state index contributed by atoms with van der Waals surface area (Å²) in [6.45, 7) is 6.11. The molecule has 1 aromatic carbocycles.